The fourth-order valence-electron chi connectivity index (χ4n) is 1.54. The summed E-state index contributed by atoms with van der Waals surface area (Å²) in [5.41, 5.74) is 0. The van der Waals surface area contributed by atoms with Gasteiger partial charge in [-0.25, -0.2) is 0 Å². The number of hydrogen-bond acceptors (Lipinski definition) is 1. The molecule has 0 bridgehead atoms. The van der Waals surface area contributed by atoms with Gasteiger partial charge in [-0.2, -0.15) is 0 Å². The van der Waals surface area contributed by atoms with Gasteiger partial charge < -0.3 is 10.6 Å². The van der Waals surface area contributed by atoms with Crippen LogP contribution in [0, 0.1) is 11.8 Å². The average Bonchev–Trinajstić information content (AvgIpc) is 2.26. The van der Waals surface area contributed by atoms with Gasteiger partial charge in [0.25, 0.3) is 0 Å². The zero-order chi connectivity index (χ0) is 12.4. The van der Waals surface area contributed by atoms with E-state index in [2.05, 4.69) is 38.3 Å². The van der Waals surface area contributed by atoms with Gasteiger partial charge in [0.2, 0.25) is 0 Å². The highest BCUT2D eigenvalue weighted by molar-refractivity contribution is 7.80. The van der Waals surface area contributed by atoms with Crippen LogP contribution >= 0.6 is 12.2 Å². The predicted molar refractivity (Wildman–Crippen MR) is 76.7 cm³/mol. The van der Waals surface area contributed by atoms with Gasteiger partial charge in [0.1, 0.15) is 0 Å². The van der Waals surface area contributed by atoms with Crippen LogP contribution in [0.1, 0.15) is 53.4 Å². The normalized spacial score (nSPS) is 12.6. The third-order valence-electron chi connectivity index (χ3n) is 2.77. The molecule has 96 valence electrons. The minimum atomic E-state index is 0.641. The monoisotopic (exact) mass is 244 g/mol. The third kappa shape index (κ3) is 8.96. The topological polar surface area (TPSA) is 24.1 Å². The van der Waals surface area contributed by atoms with Gasteiger partial charge in [0, 0.05) is 13.1 Å². The van der Waals surface area contributed by atoms with Crippen LogP contribution in [0.15, 0.2) is 0 Å². The van der Waals surface area contributed by atoms with Crippen LogP contribution in [0.4, 0.5) is 0 Å². The minimum Gasteiger partial charge on any atom is -0.362 e. The predicted octanol–water partition coefficient (Wildman–Crippen LogP) is 3.32. The fraction of sp³-hybridized carbons (Fsp3) is 0.923. The zero-order valence-corrected chi connectivity index (χ0v) is 12.1. The largest absolute Gasteiger partial charge is 0.362 e. The lowest BCUT2D eigenvalue weighted by Crippen LogP contribution is -2.39. The summed E-state index contributed by atoms with van der Waals surface area (Å²) in [6, 6.07) is 0. The van der Waals surface area contributed by atoms with Crippen molar-refractivity contribution in [1.82, 2.24) is 10.6 Å². The zero-order valence-electron chi connectivity index (χ0n) is 11.3. The summed E-state index contributed by atoms with van der Waals surface area (Å²) in [7, 11) is 0. The molecule has 0 aromatic carbocycles. The molecule has 1 atom stereocenters. The summed E-state index contributed by atoms with van der Waals surface area (Å²) in [6.07, 6.45) is 5.16. The molecule has 0 radical (unpaired) electrons. The Morgan fingerprint density at radius 2 is 1.75 bits per heavy atom. The van der Waals surface area contributed by atoms with Gasteiger partial charge in [0.05, 0.1) is 0 Å². The lowest BCUT2D eigenvalue weighted by Gasteiger charge is -2.17. The maximum atomic E-state index is 5.23. The summed E-state index contributed by atoms with van der Waals surface area (Å²) < 4.78 is 0. The second kappa shape index (κ2) is 9.88. The molecule has 0 saturated carbocycles. The molecular weight excluding hydrogens is 216 g/mol. The molecule has 2 N–H and O–H groups in total. The van der Waals surface area contributed by atoms with E-state index < -0.39 is 0 Å². The van der Waals surface area contributed by atoms with E-state index in [1.54, 1.807) is 0 Å². The average molecular weight is 244 g/mol. The van der Waals surface area contributed by atoms with Gasteiger partial charge in [-0.05, 0) is 30.5 Å². The molecule has 1 unspecified atom stereocenters. The fourth-order valence-corrected chi connectivity index (χ4v) is 1.71. The van der Waals surface area contributed by atoms with Crippen molar-refractivity contribution in [1.29, 1.82) is 0 Å². The molecule has 0 aliphatic carbocycles. The Balaban J connectivity index is 3.62. The van der Waals surface area contributed by atoms with Crippen molar-refractivity contribution in [3.8, 4) is 0 Å². The van der Waals surface area contributed by atoms with Crippen molar-refractivity contribution < 1.29 is 0 Å². The second-order valence-electron chi connectivity index (χ2n) is 4.90. The molecule has 0 aliphatic rings. The van der Waals surface area contributed by atoms with Crippen LogP contribution in [-0.4, -0.2) is 18.2 Å². The summed E-state index contributed by atoms with van der Waals surface area (Å²) in [5.74, 6) is 1.40. The first-order chi connectivity index (χ1) is 7.60. The first-order valence-electron chi connectivity index (χ1n) is 6.61. The van der Waals surface area contributed by atoms with Crippen molar-refractivity contribution in [3.05, 3.63) is 0 Å². The van der Waals surface area contributed by atoms with Crippen LogP contribution < -0.4 is 10.6 Å². The van der Waals surface area contributed by atoms with Gasteiger partial charge in [-0.1, -0.05) is 47.0 Å². The highest BCUT2D eigenvalue weighted by Gasteiger charge is 2.06. The molecule has 0 spiro atoms. The number of nitrogens with one attached hydrogen (secondary N) is 2. The quantitative estimate of drug-likeness (QED) is 0.641. The third-order valence-corrected chi connectivity index (χ3v) is 3.05. The molecule has 0 amide bonds. The minimum absolute atomic E-state index is 0.641. The van der Waals surface area contributed by atoms with Crippen molar-refractivity contribution in [3.63, 3.8) is 0 Å². The molecule has 16 heavy (non-hydrogen) atoms. The molecule has 0 fully saturated rings. The van der Waals surface area contributed by atoms with Crippen molar-refractivity contribution in [2.75, 3.05) is 13.1 Å². The van der Waals surface area contributed by atoms with E-state index in [1.807, 2.05) is 0 Å². The second-order valence-corrected chi connectivity index (χ2v) is 5.31. The standard InChI is InChI=1S/C13H28N2S/c1-5-7-8-12(6-2)10-15-13(16)14-9-11(3)4/h11-12H,5-10H2,1-4H3,(H2,14,15,16). The Hall–Kier alpha value is -0.310. The summed E-state index contributed by atoms with van der Waals surface area (Å²) >= 11 is 5.23. The Kier molecular flexibility index (Phi) is 9.69. The smallest absolute Gasteiger partial charge is 0.166 e. The van der Waals surface area contributed by atoms with Gasteiger partial charge in [0.15, 0.2) is 5.11 Å². The Morgan fingerprint density at radius 1 is 1.12 bits per heavy atom. The molecule has 0 aromatic heterocycles. The van der Waals surface area contributed by atoms with E-state index >= 15 is 0 Å². The van der Waals surface area contributed by atoms with Gasteiger partial charge in [-0.15, -0.1) is 0 Å². The molecule has 0 rings (SSSR count). The number of rotatable bonds is 8. The number of thiocarbonyl (C=S) groups is 1. The van der Waals surface area contributed by atoms with E-state index in [9.17, 15) is 0 Å². The van der Waals surface area contributed by atoms with Gasteiger partial charge in [-0.3, -0.25) is 0 Å². The molecule has 2 nitrogen and oxygen atoms in total. The molecule has 0 aliphatic heterocycles. The lowest BCUT2D eigenvalue weighted by atomic mass is 9.99. The summed E-state index contributed by atoms with van der Waals surface area (Å²) in [4.78, 5) is 0. The highest BCUT2D eigenvalue weighted by atomic mass is 32.1. The van der Waals surface area contributed by atoms with Crippen molar-refractivity contribution in [2.45, 2.75) is 53.4 Å². The van der Waals surface area contributed by atoms with Crippen molar-refractivity contribution >= 4 is 17.3 Å². The van der Waals surface area contributed by atoms with E-state index in [4.69, 9.17) is 12.2 Å². The summed E-state index contributed by atoms with van der Waals surface area (Å²) in [5, 5.41) is 7.37. The maximum Gasteiger partial charge on any atom is 0.166 e. The number of hydrogen-bond donors (Lipinski definition) is 2. The van der Waals surface area contributed by atoms with E-state index in [-0.39, 0.29) is 0 Å². The molecule has 0 heterocycles. The first kappa shape index (κ1) is 15.7. The SMILES string of the molecule is CCCCC(CC)CNC(=S)NCC(C)C. The van der Waals surface area contributed by atoms with Crippen LogP contribution in [0.5, 0.6) is 0 Å². The molecule has 0 aromatic rings. The lowest BCUT2D eigenvalue weighted by molar-refractivity contribution is 0.444. The Morgan fingerprint density at radius 3 is 2.25 bits per heavy atom. The van der Waals surface area contributed by atoms with Gasteiger partial charge >= 0.3 is 0 Å². The maximum absolute atomic E-state index is 5.23. The Labute approximate surface area is 107 Å². The van der Waals surface area contributed by atoms with Crippen LogP contribution in [0.2, 0.25) is 0 Å². The van der Waals surface area contributed by atoms with E-state index in [0.717, 1.165) is 24.1 Å². The molecule has 0 saturated heterocycles. The van der Waals surface area contributed by atoms with Crippen molar-refractivity contribution in [2.24, 2.45) is 11.8 Å². The Bertz CT molecular complexity index is 181. The number of unbranched alkanes of at least 4 members (excludes halogenated alkanes) is 1. The van der Waals surface area contributed by atoms with Crippen LogP contribution in [-0.2, 0) is 0 Å². The molecular formula is C13H28N2S. The first-order valence-corrected chi connectivity index (χ1v) is 7.02. The van der Waals surface area contributed by atoms with Crippen LogP contribution in [0.3, 0.4) is 0 Å². The summed E-state index contributed by atoms with van der Waals surface area (Å²) in [6.45, 7) is 10.8. The van der Waals surface area contributed by atoms with E-state index in [1.165, 1.54) is 25.7 Å². The molecule has 3 heteroatoms. The van der Waals surface area contributed by atoms with E-state index in [0.29, 0.717) is 5.92 Å². The van der Waals surface area contributed by atoms with Crippen LogP contribution in [0.25, 0.3) is 0 Å². The highest BCUT2D eigenvalue weighted by Crippen LogP contribution is 2.10.